The minimum atomic E-state index is -3.34. The summed E-state index contributed by atoms with van der Waals surface area (Å²) in [5.41, 5.74) is 0.154. The van der Waals surface area contributed by atoms with Crippen molar-refractivity contribution in [1.29, 1.82) is 0 Å². The van der Waals surface area contributed by atoms with Gasteiger partial charge in [-0.3, -0.25) is 0 Å². The minimum Gasteiger partial charge on any atom is -0.224 e. The van der Waals surface area contributed by atoms with E-state index in [1.807, 2.05) is 0 Å². The van der Waals surface area contributed by atoms with Gasteiger partial charge in [0.25, 0.3) is 0 Å². The van der Waals surface area contributed by atoms with Crippen molar-refractivity contribution in [2.45, 2.75) is 18.2 Å². The summed E-state index contributed by atoms with van der Waals surface area (Å²) in [6.07, 6.45) is 1.88. The first-order valence-electron chi connectivity index (χ1n) is 4.51. The van der Waals surface area contributed by atoms with Crippen LogP contribution in [-0.2, 0) is 14.6 Å². The Kier molecular flexibility index (Phi) is 3.77. The normalized spacial score (nSPS) is 10.7. The summed E-state index contributed by atoms with van der Waals surface area (Å²) in [6, 6.07) is 6.15. The molecule has 0 heterocycles. The van der Waals surface area contributed by atoms with E-state index in [0.717, 1.165) is 0 Å². The molecule has 0 aromatic heterocycles. The molecule has 0 saturated carbocycles. The molecule has 0 unspecified atom stereocenters. The van der Waals surface area contributed by atoms with Crippen LogP contribution < -0.4 is 0 Å². The molecule has 0 aliphatic rings. The van der Waals surface area contributed by atoms with Crippen LogP contribution >= 0.6 is 0 Å². The highest BCUT2D eigenvalue weighted by Gasteiger charge is 2.16. The van der Waals surface area contributed by atoms with Crippen LogP contribution in [0.5, 0.6) is 0 Å². The van der Waals surface area contributed by atoms with Gasteiger partial charge in [-0.15, -0.1) is 0 Å². The fourth-order valence-electron chi connectivity index (χ4n) is 1.24. The van der Waals surface area contributed by atoms with Gasteiger partial charge >= 0.3 is 0 Å². The first-order chi connectivity index (χ1) is 7.11. The maximum atomic E-state index is 11.7. The second kappa shape index (κ2) is 4.87. The Morgan fingerprint density at radius 1 is 1.33 bits per heavy atom. The van der Waals surface area contributed by atoms with Crippen LogP contribution in [0.15, 0.2) is 34.2 Å². The summed E-state index contributed by atoms with van der Waals surface area (Å²) in [4.78, 5) is 13.6. The quantitative estimate of drug-likeness (QED) is 0.580. The van der Waals surface area contributed by atoms with Crippen LogP contribution in [0.4, 0.5) is 5.69 Å². The zero-order chi connectivity index (χ0) is 11.3. The highest BCUT2D eigenvalue weighted by Crippen LogP contribution is 2.24. The molecule has 0 bridgehead atoms. The molecule has 0 aliphatic carbocycles. The van der Waals surface area contributed by atoms with Gasteiger partial charge in [0.1, 0.15) is 0 Å². The van der Waals surface area contributed by atoms with E-state index >= 15 is 0 Å². The van der Waals surface area contributed by atoms with E-state index in [1.165, 1.54) is 18.2 Å². The molecular weight excluding hydrogens is 214 g/mol. The Hall–Kier alpha value is -1.45. The molecule has 1 aromatic carbocycles. The summed E-state index contributed by atoms with van der Waals surface area (Å²) in [5.74, 6) is 0.0540. The number of isocyanates is 1. The summed E-state index contributed by atoms with van der Waals surface area (Å²) >= 11 is 0. The molecule has 0 atom stereocenters. The fraction of sp³-hybridized carbons (Fsp3) is 0.300. The average molecular weight is 225 g/mol. The molecule has 0 N–H and O–H groups in total. The number of aliphatic imine (C=N–C) groups is 1. The second-order valence-electron chi connectivity index (χ2n) is 2.99. The Morgan fingerprint density at radius 2 is 2.00 bits per heavy atom. The molecule has 4 nitrogen and oxygen atoms in total. The van der Waals surface area contributed by atoms with Gasteiger partial charge < -0.3 is 0 Å². The molecular formula is C10H11NO3S. The highest BCUT2D eigenvalue weighted by atomic mass is 32.2. The molecule has 1 rings (SSSR count). The van der Waals surface area contributed by atoms with Crippen LogP contribution in [0.3, 0.4) is 0 Å². The smallest absolute Gasteiger partial charge is 0.224 e. The summed E-state index contributed by atoms with van der Waals surface area (Å²) in [7, 11) is -3.34. The number of para-hydroxylation sites is 1. The Labute approximate surface area is 88.6 Å². The third-order valence-corrected chi connectivity index (χ3v) is 3.80. The van der Waals surface area contributed by atoms with Crippen LogP contribution in [0.25, 0.3) is 0 Å². The number of nitrogens with zero attached hydrogens (tertiary/aromatic N) is 1. The fourth-order valence-corrected chi connectivity index (χ4v) is 2.72. The minimum absolute atomic E-state index is 0.0540. The van der Waals surface area contributed by atoms with Crippen LogP contribution in [0, 0.1) is 0 Å². The predicted molar refractivity (Wildman–Crippen MR) is 56.6 cm³/mol. The average Bonchev–Trinajstić information content (AvgIpc) is 2.19. The van der Waals surface area contributed by atoms with Crippen LogP contribution in [0.2, 0.25) is 0 Å². The zero-order valence-electron chi connectivity index (χ0n) is 8.30. The molecule has 1 aromatic rings. The molecule has 0 spiro atoms. The van der Waals surface area contributed by atoms with Gasteiger partial charge in [-0.25, -0.2) is 13.2 Å². The van der Waals surface area contributed by atoms with Gasteiger partial charge in [-0.05, 0) is 18.6 Å². The summed E-state index contributed by atoms with van der Waals surface area (Å²) in [6.45, 7) is 1.78. The first kappa shape index (κ1) is 11.6. The summed E-state index contributed by atoms with van der Waals surface area (Å²) in [5, 5.41) is 0. The molecule has 0 radical (unpaired) electrons. The van der Waals surface area contributed by atoms with Crippen molar-refractivity contribution in [3.05, 3.63) is 24.3 Å². The maximum Gasteiger partial charge on any atom is 0.240 e. The number of carbonyl (C=O) groups excluding carboxylic acids is 1. The largest absolute Gasteiger partial charge is 0.240 e. The molecule has 15 heavy (non-hydrogen) atoms. The lowest BCUT2D eigenvalue weighted by atomic mass is 10.3. The van der Waals surface area contributed by atoms with E-state index in [9.17, 15) is 13.2 Å². The van der Waals surface area contributed by atoms with E-state index in [-0.39, 0.29) is 16.3 Å². The van der Waals surface area contributed by atoms with Crippen molar-refractivity contribution in [1.82, 2.24) is 0 Å². The van der Waals surface area contributed by atoms with Crippen molar-refractivity contribution in [3.8, 4) is 0 Å². The van der Waals surface area contributed by atoms with Crippen molar-refractivity contribution in [2.24, 2.45) is 4.99 Å². The van der Waals surface area contributed by atoms with Crippen molar-refractivity contribution in [3.63, 3.8) is 0 Å². The maximum absolute atomic E-state index is 11.7. The lowest BCUT2D eigenvalue weighted by Gasteiger charge is -2.04. The number of hydrogen-bond acceptors (Lipinski definition) is 4. The van der Waals surface area contributed by atoms with E-state index in [4.69, 9.17) is 0 Å². The van der Waals surface area contributed by atoms with E-state index in [1.54, 1.807) is 19.1 Å². The van der Waals surface area contributed by atoms with Crippen LogP contribution in [-0.4, -0.2) is 20.3 Å². The monoisotopic (exact) mass is 225 g/mol. The van der Waals surface area contributed by atoms with Crippen molar-refractivity contribution in [2.75, 3.05) is 5.75 Å². The number of hydrogen-bond donors (Lipinski definition) is 0. The van der Waals surface area contributed by atoms with Crippen molar-refractivity contribution < 1.29 is 13.2 Å². The van der Waals surface area contributed by atoms with Crippen molar-refractivity contribution >= 4 is 21.6 Å². The molecule has 0 saturated heterocycles. The van der Waals surface area contributed by atoms with E-state index in [0.29, 0.717) is 6.42 Å². The Morgan fingerprint density at radius 3 is 2.60 bits per heavy atom. The molecule has 80 valence electrons. The first-order valence-corrected chi connectivity index (χ1v) is 6.16. The number of rotatable bonds is 4. The number of sulfone groups is 1. The third-order valence-electron chi connectivity index (χ3n) is 1.84. The highest BCUT2D eigenvalue weighted by molar-refractivity contribution is 7.91. The van der Waals surface area contributed by atoms with Gasteiger partial charge in [0.05, 0.1) is 16.3 Å². The van der Waals surface area contributed by atoms with Gasteiger partial charge in [0, 0.05) is 0 Å². The standard InChI is InChI=1S/C10H11NO3S/c1-2-7-15(13,14)10-6-4-3-5-9(10)11-8-12/h3-6H,2,7H2,1H3. The van der Waals surface area contributed by atoms with Gasteiger partial charge in [-0.2, -0.15) is 4.99 Å². The van der Waals surface area contributed by atoms with Crippen LogP contribution in [0.1, 0.15) is 13.3 Å². The van der Waals surface area contributed by atoms with Gasteiger partial charge in [0.15, 0.2) is 9.84 Å². The second-order valence-corrected chi connectivity index (χ2v) is 5.07. The van der Waals surface area contributed by atoms with E-state index < -0.39 is 9.84 Å². The third kappa shape index (κ3) is 2.75. The molecule has 0 amide bonds. The Balaban J connectivity index is 3.30. The van der Waals surface area contributed by atoms with Gasteiger partial charge in [-0.1, -0.05) is 19.1 Å². The zero-order valence-corrected chi connectivity index (χ0v) is 9.12. The topological polar surface area (TPSA) is 63.6 Å². The van der Waals surface area contributed by atoms with Gasteiger partial charge in [0.2, 0.25) is 6.08 Å². The Bertz CT molecular complexity index is 487. The molecule has 0 fully saturated rings. The SMILES string of the molecule is CCCS(=O)(=O)c1ccccc1N=C=O. The predicted octanol–water partition coefficient (Wildman–Crippen LogP) is 1.84. The lowest BCUT2D eigenvalue weighted by molar-refractivity contribution is 0.565. The van der Waals surface area contributed by atoms with E-state index in [2.05, 4.69) is 4.99 Å². The number of benzene rings is 1. The lowest BCUT2D eigenvalue weighted by Crippen LogP contribution is -2.05. The molecule has 5 heteroatoms. The molecule has 0 aliphatic heterocycles. The summed E-state index contributed by atoms with van der Waals surface area (Å²) < 4.78 is 23.5.